The summed E-state index contributed by atoms with van der Waals surface area (Å²) in [6, 6.07) is 16.4. The second-order valence-corrected chi connectivity index (χ2v) is 5.06. The maximum Gasteiger partial charge on any atom is 0.184 e. The molecule has 0 bridgehead atoms. The maximum absolute atomic E-state index is 9.24. The van der Waals surface area contributed by atoms with E-state index in [4.69, 9.17) is 4.74 Å². The average molecular weight is 267 g/mol. The van der Waals surface area contributed by atoms with E-state index in [1.165, 1.54) is 19.3 Å². The summed E-state index contributed by atoms with van der Waals surface area (Å²) >= 11 is 0. The number of hydrogen-bond acceptors (Lipinski definition) is 2. The molecule has 0 N–H and O–H groups in total. The summed E-state index contributed by atoms with van der Waals surface area (Å²) in [5.74, 6) is 0.810. The molecule has 20 heavy (non-hydrogen) atoms. The fraction of sp³-hybridized carbons (Fsp3) is 0.389. The van der Waals surface area contributed by atoms with Gasteiger partial charge in [0.25, 0.3) is 0 Å². The van der Waals surface area contributed by atoms with Gasteiger partial charge in [-0.2, -0.15) is 5.26 Å². The Morgan fingerprint density at radius 1 is 1.05 bits per heavy atom. The van der Waals surface area contributed by atoms with Crippen LogP contribution in [0.2, 0.25) is 0 Å². The number of nitriles is 1. The third-order valence-electron chi connectivity index (χ3n) is 3.48. The first-order valence-electron chi connectivity index (χ1n) is 7.39. The molecule has 104 valence electrons. The van der Waals surface area contributed by atoms with Gasteiger partial charge in [-0.1, -0.05) is 62.6 Å². The van der Waals surface area contributed by atoms with Gasteiger partial charge in [0.15, 0.2) is 6.10 Å². The molecule has 0 saturated heterocycles. The van der Waals surface area contributed by atoms with Crippen LogP contribution in [0, 0.1) is 11.3 Å². The van der Waals surface area contributed by atoms with Gasteiger partial charge in [0.2, 0.25) is 0 Å². The lowest BCUT2D eigenvalue weighted by Gasteiger charge is -2.14. The fourth-order valence-electron chi connectivity index (χ4n) is 2.36. The monoisotopic (exact) mass is 267 g/mol. The first-order chi connectivity index (χ1) is 9.85. The second kappa shape index (κ2) is 7.55. The fourth-order valence-corrected chi connectivity index (χ4v) is 2.36. The van der Waals surface area contributed by atoms with Gasteiger partial charge in [-0.15, -0.1) is 0 Å². The van der Waals surface area contributed by atoms with Gasteiger partial charge in [-0.3, -0.25) is 0 Å². The molecule has 0 aliphatic heterocycles. The Morgan fingerprint density at radius 3 is 2.65 bits per heavy atom. The summed E-state index contributed by atoms with van der Waals surface area (Å²) in [6.45, 7) is 2.19. The van der Waals surface area contributed by atoms with Crippen LogP contribution in [-0.2, 0) is 0 Å². The molecule has 2 heteroatoms. The van der Waals surface area contributed by atoms with Crippen LogP contribution < -0.4 is 4.74 Å². The molecule has 2 nitrogen and oxygen atoms in total. The molecule has 0 aliphatic rings. The highest BCUT2D eigenvalue weighted by molar-refractivity contribution is 5.88. The molecule has 0 amide bonds. The minimum Gasteiger partial charge on any atom is -0.475 e. The first kappa shape index (κ1) is 14.4. The van der Waals surface area contributed by atoms with Crippen molar-refractivity contribution < 1.29 is 4.74 Å². The van der Waals surface area contributed by atoms with E-state index in [1.54, 1.807) is 0 Å². The number of ether oxygens (including phenoxy) is 1. The third-order valence-corrected chi connectivity index (χ3v) is 3.48. The summed E-state index contributed by atoms with van der Waals surface area (Å²) in [4.78, 5) is 0. The van der Waals surface area contributed by atoms with Crippen molar-refractivity contribution in [2.45, 2.75) is 45.1 Å². The quantitative estimate of drug-likeness (QED) is 0.655. The molecule has 1 atom stereocenters. The predicted octanol–water partition coefficient (Wildman–Crippen LogP) is 5.08. The molecule has 2 aromatic rings. The number of benzene rings is 2. The van der Waals surface area contributed by atoms with Crippen LogP contribution in [0.1, 0.15) is 39.0 Å². The molecule has 0 aliphatic carbocycles. The Balaban J connectivity index is 2.04. The van der Waals surface area contributed by atoms with Gasteiger partial charge in [-0.05, 0) is 24.3 Å². The maximum atomic E-state index is 9.24. The predicted molar refractivity (Wildman–Crippen MR) is 82.7 cm³/mol. The van der Waals surface area contributed by atoms with E-state index >= 15 is 0 Å². The van der Waals surface area contributed by atoms with Crippen LogP contribution in [0.3, 0.4) is 0 Å². The topological polar surface area (TPSA) is 33.0 Å². The van der Waals surface area contributed by atoms with Crippen molar-refractivity contribution >= 4 is 10.8 Å². The summed E-state index contributed by atoms with van der Waals surface area (Å²) in [6.07, 6.45) is 5.12. The van der Waals surface area contributed by atoms with Crippen molar-refractivity contribution in [1.29, 1.82) is 5.26 Å². The van der Waals surface area contributed by atoms with E-state index in [9.17, 15) is 5.26 Å². The second-order valence-electron chi connectivity index (χ2n) is 5.06. The number of hydrogen-bond donors (Lipinski definition) is 0. The molecule has 0 aromatic heterocycles. The number of rotatable bonds is 7. The zero-order valence-electron chi connectivity index (χ0n) is 12.0. The Labute approximate surface area is 121 Å². The SMILES string of the molecule is CCCCCCC(C#N)Oc1cccc2ccccc12. The third kappa shape index (κ3) is 3.74. The minimum atomic E-state index is -0.349. The zero-order chi connectivity index (χ0) is 14.2. The lowest BCUT2D eigenvalue weighted by molar-refractivity contribution is 0.243. The zero-order valence-corrected chi connectivity index (χ0v) is 12.0. The van der Waals surface area contributed by atoms with E-state index in [0.717, 1.165) is 29.4 Å². The molecule has 0 spiro atoms. The molecule has 0 heterocycles. The van der Waals surface area contributed by atoms with Crippen LogP contribution in [0.25, 0.3) is 10.8 Å². The van der Waals surface area contributed by atoms with Gasteiger partial charge in [0.1, 0.15) is 11.8 Å². The van der Waals surface area contributed by atoms with Crippen molar-refractivity contribution in [3.05, 3.63) is 42.5 Å². The van der Waals surface area contributed by atoms with Gasteiger partial charge in [-0.25, -0.2) is 0 Å². The molecule has 0 fully saturated rings. The van der Waals surface area contributed by atoms with Crippen molar-refractivity contribution in [3.8, 4) is 11.8 Å². The van der Waals surface area contributed by atoms with Crippen LogP contribution in [0.4, 0.5) is 0 Å². The van der Waals surface area contributed by atoms with Gasteiger partial charge in [0, 0.05) is 5.39 Å². The largest absolute Gasteiger partial charge is 0.475 e. The van der Waals surface area contributed by atoms with Gasteiger partial charge >= 0.3 is 0 Å². The van der Waals surface area contributed by atoms with E-state index in [2.05, 4.69) is 25.1 Å². The van der Waals surface area contributed by atoms with Crippen molar-refractivity contribution in [2.24, 2.45) is 0 Å². The van der Waals surface area contributed by atoms with E-state index in [0.29, 0.717) is 0 Å². The normalized spacial score (nSPS) is 12.0. The van der Waals surface area contributed by atoms with E-state index in [-0.39, 0.29) is 6.10 Å². The van der Waals surface area contributed by atoms with Crippen LogP contribution in [0.5, 0.6) is 5.75 Å². The molecule has 0 radical (unpaired) electrons. The summed E-state index contributed by atoms with van der Waals surface area (Å²) in [5, 5.41) is 11.5. The lowest BCUT2D eigenvalue weighted by Crippen LogP contribution is -2.14. The average Bonchev–Trinajstić information content (AvgIpc) is 2.50. The van der Waals surface area contributed by atoms with Crippen LogP contribution >= 0.6 is 0 Å². The summed E-state index contributed by atoms with van der Waals surface area (Å²) in [7, 11) is 0. The molecular weight excluding hydrogens is 246 g/mol. The highest BCUT2D eigenvalue weighted by Gasteiger charge is 2.10. The highest BCUT2D eigenvalue weighted by Crippen LogP contribution is 2.26. The Kier molecular flexibility index (Phi) is 5.43. The van der Waals surface area contributed by atoms with E-state index < -0.39 is 0 Å². The highest BCUT2D eigenvalue weighted by atomic mass is 16.5. The number of fused-ring (bicyclic) bond motifs is 1. The van der Waals surface area contributed by atoms with Gasteiger partial charge in [0.05, 0.1) is 0 Å². The Bertz CT molecular complexity index is 580. The molecular formula is C18H21NO. The van der Waals surface area contributed by atoms with E-state index in [1.807, 2.05) is 30.3 Å². The molecule has 1 unspecified atom stereocenters. The van der Waals surface area contributed by atoms with Gasteiger partial charge < -0.3 is 4.74 Å². The smallest absolute Gasteiger partial charge is 0.184 e. The standard InChI is InChI=1S/C18H21NO/c1-2-3-4-5-11-16(14-19)20-18-13-8-10-15-9-6-7-12-17(15)18/h6-10,12-13,16H,2-5,11H2,1H3. The summed E-state index contributed by atoms with van der Waals surface area (Å²) in [5.41, 5.74) is 0. The Morgan fingerprint density at radius 2 is 1.85 bits per heavy atom. The molecule has 0 saturated carbocycles. The minimum absolute atomic E-state index is 0.349. The van der Waals surface area contributed by atoms with Crippen LogP contribution in [0.15, 0.2) is 42.5 Å². The Hall–Kier alpha value is -2.01. The molecule has 2 aromatic carbocycles. The van der Waals surface area contributed by atoms with Crippen molar-refractivity contribution in [2.75, 3.05) is 0 Å². The lowest BCUT2D eigenvalue weighted by atomic mass is 10.1. The summed E-state index contributed by atoms with van der Waals surface area (Å²) < 4.78 is 5.90. The van der Waals surface area contributed by atoms with Crippen LogP contribution in [-0.4, -0.2) is 6.10 Å². The molecule has 2 rings (SSSR count). The number of unbranched alkanes of at least 4 members (excludes halogenated alkanes) is 3. The first-order valence-corrected chi connectivity index (χ1v) is 7.39. The van der Waals surface area contributed by atoms with Crippen molar-refractivity contribution in [1.82, 2.24) is 0 Å². The number of nitrogens with zero attached hydrogens (tertiary/aromatic N) is 1. The van der Waals surface area contributed by atoms with Crippen molar-refractivity contribution in [3.63, 3.8) is 0 Å².